The van der Waals surface area contributed by atoms with Gasteiger partial charge in [0.1, 0.15) is 5.75 Å². The standard InChI is InChI=1S/C18H22N3O3/c19-17(22)18-20-16(24-21-18)10-7-14-5-8-15(9-6-14)23-12-11-13-3-1-2-4-13/h5-6,8-10,13H,1-4,7,11-12H2,(H2,19,22). The SMILES string of the molecule is NC(=O)c1noc([CH]Cc2ccc(OCCC3CCCC3)cc2)n1. The van der Waals surface area contributed by atoms with Crippen LogP contribution in [0, 0.1) is 12.3 Å². The molecule has 1 amide bonds. The van der Waals surface area contributed by atoms with Crippen molar-refractivity contribution in [3.05, 3.63) is 48.0 Å². The van der Waals surface area contributed by atoms with Crippen LogP contribution in [0.1, 0.15) is 54.2 Å². The number of rotatable bonds is 8. The first kappa shape index (κ1) is 16.5. The smallest absolute Gasteiger partial charge is 0.290 e. The maximum Gasteiger partial charge on any atom is 0.290 e. The molecular formula is C18H22N3O3. The molecule has 1 aromatic heterocycles. The Labute approximate surface area is 141 Å². The van der Waals surface area contributed by atoms with Crippen molar-refractivity contribution in [2.45, 2.75) is 38.5 Å². The van der Waals surface area contributed by atoms with Crippen LogP contribution in [-0.2, 0) is 6.42 Å². The number of aromatic nitrogens is 2. The molecular weight excluding hydrogens is 306 g/mol. The topological polar surface area (TPSA) is 91.2 Å². The monoisotopic (exact) mass is 328 g/mol. The molecule has 0 atom stereocenters. The van der Waals surface area contributed by atoms with Gasteiger partial charge in [-0.1, -0.05) is 43.0 Å². The summed E-state index contributed by atoms with van der Waals surface area (Å²) in [5, 5.41) is 3.50. The highest BCUT2D eigenvalue weighted by Gasteiger charge is 2.14. The number of amides is 1. The summed E-state index contributed by atoms with van der Waals surface area (Å²) >= 11 is 0. The van der Waals surface area contributed by atoms with Crippen LogP contribution >= 0.6 is 0 Å². The summed E-state index contributed by atoms with van der Waals surface area (Å²) in [5.41, 5.74) is 6.17. The van der Waals surface area contributed by atoms with Crippen molar-refractivity contribution in [1.29, 1.82) is 0 Å². The average molecular weight is 328 g/mol. The molecule has 6 heteroatoms. The van der Waals surface area contributed by atoms with Crippen molar-refractivity contribution in [2.24, 2.45) is 11.7 Å². The molecule has 0 spiro atoms. The third-order valence-electron chi connectivity index (χ3n) is 4.37. The summed E-state index contributed by atoms with van der Waals surface area (Å²) < 4.78 is 10.7. The van der Waals surface area contributed by atoms with Crippen LogP contribution in [0.15, 0.2) is 28.8 Å². The second kappa shape index (κ2) is 7.95. The van der Waals surface area contributed by atoms with E-state index < -0.39 is 5.91 Å². The predicted molar refractivity (Wildman–Crippen MR) is 88.4 cm³/mol. The highest BCUT2D eigenvalue weighted by Crippen LogP contribution is 2.27. The lowest BCUT2D eigenvalue weighted by atomic mass is 10.1. The first-order chi connectivity index (χ1) is 11.7. The van der Waals surface area contributed by atoms with E-state index in [-0.39, 0.29) is 5.82 Å². The lowest BCUT2D eigenvalue weighted by Crippen LogP contribution is -2.12. The molecule has 1 radical (unpaired) electrons. The van der Waals surface area contributed by atoms with Crippen LogP contribution < -0.4 is 10.5 Å². The van der Waals surface area contributed by atoms with Gasteiger partial charge >= 0.3 is 0 Å². The molecule has 1 fully saturated rings. The Kier molecular flexibility index (Phi) is 5.46. The fourth-order valence-corrected chi connectivity index (χ4v) is 2.99. The third-order valence-corrected chi connectivity index (χ3v) is 4.37. The van der Waals surface area contributed by atoms with Gasteiger partial charge < -0.3 is 15.0 Å². The quantitative estimate of drug-likeness (QED) is 0.804. The molecule has 24 heavy (non-hydrogen) atoms. The average Bonchev–Trinajstić information content (AvgIpc) is 3.26. The van der Waals surface area contributed by atoms with Crippen molar-refractivity contribution >= 4 is 5.91 Å². The van der Waals surface area contributed by atoms with Gasteiger partial charge in [0.15, 0.2) is 0 Å². The molecule has 1 aromatic carbocycles. The minimum absolute atomic E-state index is 0.104. The molecule has 2 N–H and O–H groups in total. The number of hydrogen-bond acceptors (Lipinski definition) is 5. The lowest BCUT2D eigenvalue weighted by molar-refractivity contribution is 0.0987. The number of nitrogens with zero attached hydrogens (tertiary/aromatic N) is 2. The second-order valence-electron chi connectivity index (χ2n) is 6.16. The van der Waals surface area contributed by atoms with Gasteiger partial charge in [0.05, 0.1) is 13.0 Å². The number of carbonyl (C=O) groups excluding carboxylic acids is 1. The van der Waals surface area contributed by atoms with Crippen molar-refractivity contribution in [3.8, 4) is 5.75 Å². The van der Waals surface area contributed by atoms with Crippen LogP contribution in [0.5, 0.6) is 5.75 Å². The summed E-state index contributed by atoms with van der Waals surface area (Å²) in [7, 11) is 0. The predicted octanol–water partition coefficient (Wildman–Crippen LogP) is 2.92. The molecule has 0 aliphatic heterocycles. The van der Waals surface area contributed by atoms with E-state index >= 15 is 0 Å². The summed E-state index contributed by atoms with van der Waals surface area (Å²) in [6, 6.07) is 7.96. The van der Waals surface area contributed by atoms with Crippen LogP contribution in [0.3, 0.4) is 0 Å². The number of ether oxygens (including phenoxy) is 1. The molecule has 6 nitrogen and oxygen atoms in total. The molecule has 1 saturated carbocycles. The van der Waals surface area contributed by atoms with Crippen LogP contribution in [-0.4, -0.2) is 22.7 Å². The minimum atomic E-state index is -0.697. The van der Waals surface area contributed by atoms with E-state index in [9.17, 15) is 4.79 Å². The van der Waals surface area contributed by atoms with E-state index in [4.69, 9.17) is 15.0 Å². The van der Waals surface area contributed by atoms with Gasteiger partial charge in [-0.2, -0.15) is 4.98 Å². The molecule has 1 heterocycles. The Bertz CT molecular complexity index is 660. The summed E-state index contributed by atoms with van der Waals surface area (Å²) in [5.74, 6) is 1.23. The molecule has 0 bridgehead atoms. The molecule has 1 aliphatic carbocycles. The third kappa shape index (κ3) is 4.57. The summed E-state index contributed by atoms with van der Waals surface area (Å²) in [6.07, 6.45) is 8.98. The molecule has 0 saturated heterocycles. The summed E-state index contributed by atoms with van der Waals surface area (Å²) in [6.45, 7) is 0.786. The minimum Gasteiger partial charge on any atom is -0.494 e. The molecule has 1 aliphatic rings. The number of nitrogens with two attached hydrogens (primary N) is 1. The second-order valence-corrected chi connectivity index (χ2v) is 6.16. The molecule has 127 valence electrons. The van der Waals surface area contributed by atoms with E-state index in [1.54, 1.807) is 6.42 Å². The number of primary amides is 1. The Balaban J connectivity index is 1.42. The Hall–Kier alpha value is -2.37. The first-order valence-corrected chi connectivity index (χ1v) is 8.39. The summed E-state index contributed by atoms with van der Waals surface area (Å²) in [4.78, 5) is 14.8. The maximum absolute atomic E-state index is 10.9. The van der Waals surface area contributed by atoms with Crippen molar-refractivity contribution in [1.82, 2.24) is 10.1 Å². The largest absolute Gasteiger partial charge is 0.494 e. The molecule has 3 rings (SSSR count). The van der Waals surface area contributed by atoms with Gasteiger partial charge in [-0.15, -0.1) is 0 Å². The Morgan fingerprint density at radius 3 is 2.71 bits per heavy atom. The zero-order valence-electron chi connectivity index (χ0n) is 13.6. The van der Waals surface area contributed by atoms with Gasteiger partial charge in [-0.05, 0) is 36.5 Å². The van der Waals surface area contributed by atoms with Gasteiger partial charge in [0, 0.05) is 0 Å². The molecule has 0 unspecified atom stereocenters. The zero-order valence-corrected chi connectivity index (χ0v) is 13.6. The van der Waals surface area contributed by atoms with Crippen molar-refractivity contribution in [3.63, 3.8) is 0 Å². The molecule has 2 aromatic rings. The number of carbonyl (C=O) groups is 1. The number of benzene rings is 1. The van der Waals surface area contributed by atoms with Gasteiger partial charge in [0.25, 0.3) is 11.7 Å². The van der Waals surface area contributed by atoms with Gasteiger partial charge in [-0.25, -0.2) is 0 Å². The fourth-order valence-electron chi connectivity index (χ4n) is 2.99. The van der Waals surface area contributed by atoms with Gasteiger partial charge in [-0.3, -0.25) is 4.79 Å². The van der Waals surface area contributed by atoms with Crippen LogP contribution in [0.2, 0.25) is 0 Å². The van der Waals surface area contributed by atoms with Crippen LogP contribution in [0.4, 0.5) is 0 Å². The van der Waals surface area contributed by atoms with E-state index in [1.807, 2.05) is 24.3 Å². The van der Waals surface area contributed by atoms with Crippen molar-refractivity contribution < 1.29 is 14.1 Å². The Morgan fingerprint density at radius 2 is 2.04 bits per heavy atom. The Morgan fingerprint density at radius 1 is 1.29 bits per heavy atom. The first-order valence-electron chi connectivity index (χ1n) is 8.39. The highest BCUT2D eigenvalue weighted by molar-refractivity contribution is 5.88. The zero-order chi connectivity index (χ0) is 16.8. The van der Waals surface area contributed by atoms with E-state index in [0.29, 0.717) is 12.3 Å². The van der Waals surface area contributed by atoms with Crippen molar-refractivity contribution in [2.75, 3.05) is 6.61 Å². The van der Waals surface area contributed by atoms with E-state index in [1.165, 1.54) is 25.7 Å². The fraction of sp³-hybridized carbons (Fsp3) is 0.444. The maximum atomic E-state index is 10.9. The van der Waals surface area contributed by atoms with E-state index in [2.05, 4.69) is 10.1 Å². The van der Waals surface area contributed by atoms with Gasteiger partial charge in [0.2, 0.25) is 5.89 Å². The number of hydrogen-bond donors (Lipinski definition) is 1. The lowest BCUT2D eigenvalue weighted by Gasteiger charge is -2.10. The van der Waals surface area contributed by atoms with E-state index in [0.717, 1.165) is 30.3 Å². The highest BCUT2D eigenvalue weighted by atomic mass is 16.5. The normalized spacial score (nSPS) is 14.8. The van der Waals surface area contributed by atoms with Crippen LogP contribution in [0.25, 0.3) is 0 Å².